The van der Waals surface area contributed by atoms with Gasteiger partial charge in [-0.2, -0.15) is 9.37 Å². The van der Waals surface area contributed by atoms with Gasteiger partial charge >= 0.3 is 0 Å². The molecule has 0 radical (unpaired) electrons. The van der Waals surface area contributed by atoms with E-state index in [-0.39, 0.29) is 16.0 Å². The zero-order valence-electron chi connectivity index (χ0n) is 7.65. The van der Waals surface area contributed by atoms with Crippen LogP contribution in [-0.2, 0) is 0 Å². The van der Waals surface area contributed by atoms with Crippen molar-refractivity contribution in [1.29, 1.82) is 0 Å². The van der Waals surface area contributed by atoms with Crippen molar-refractivity contribution in [3.63, 3.8) is 0 Å². The molecule has 2 aromatic rings. The number of rotatable bonds is 1. The van der Waals surface area contributed by atoms with Crippen molar-refractivity contribution in [2.75, 3.05) is 0 Å². The van der Waals surface area contributed by atoms with Crippen LogP contribution in [0.25, 0.3) is 11.4 Å². The molecule has 0 unspecified atom stereocenters. The summed E-state index contributed by atoms with van der Waals surface area (Å²) in [4.78, 5) is 10.9. The average Bonchev–Trinajstić information content (AvgIpc) is 2.25. The number of aromatic hydroxyl groups is 1. The van der Waals surface area contributed by atoms with E-state index in [1.54, 1.807) is 0 Å². The van der Waals surface area contributed by atoms with E-state index in [1.165, 1.54) is 12.3 Å². The Hall–Kier alpha value is -1.46. The largest absolute Gasteiger partial charge is 0.492 e. The van der Waals surface area contributed by atoms with E-state index in [0.29, 0.717) is 5.56 Å². The number of nitrogens with zero attached hydrogens (tertiary/aromatic N) is 3. The van der Waals surface area contributed by atoms with Gasteiger partial charge in [-0.05, 0) is 6.07 Å². The first-order chi connectivity index (χ1) is 7.58. The maximum atomic E-state index is 12.8. The number of halogens is 3. The van der Waals surface area contributed by atoms with Crippen LogP contribution in [0.1, 0.15) is 0 Å². The van der Waals surface area contributed by atoms with E-state index in [0.717, 1.165) is 6.07 Å². The first-order valence-electron chi connectivity index (χ1n) is 4.12. The highest BCUT2D eigenvalue weighted by Gasteiger charge is 2.11. The van der Waals surface area contributed by atoms with Crippen LogP contribution < -0.4 is 0 Å². The highest BCUT2D eigenvalue weighted by Crippen LogP contribution is 2.30. The molecule has 7 heteroatoms. The Balaban J connectivity index is 2.57. The third kappa shape index (κ3) is 2.05. The highest BCUT2D eigenvalue weighted by molar-refractivity contribution is 6.42. The van der Waals surface area contributed by atoms with E-state index in [1.807, 2.05) is 0 Å². The lowest BCUT2D eigenvalue weighted by Crippen LogP contribution is -1.92. The highest BCUT2D eigenvalue weighted by atomic mass is 35.5. The average molecular weight is 260 g/mol. The van der Waals surface area contributed by atoms with E-state index >= 15 is 0 Å². The first-order valence-corrected chi connectivity index (χ1v) is 4.87. The Bertz CT molecular complexity index is 527. The topological polar surface area (TPSA) is 58.9 Å². The van der Waals surface area contributed by atoms with Gasteiger partial charge in [-0.15, -0.1) is 0 Å². The van der Waals surface area contributed by atoms with Crippen molar-refractivity contribution in [3.8, 4) is 17.3 Å². The van der Waals surface area contributed by atoms with Gasteiger partial charge in [0.05, 0.1) is 0 Å². The Labute approximate surface area is 99.7 Å². The predicted molar refractivity (Wildman–Crippen MR) is 56.9 cm³/mol. The van der Waals surface area contributed by atoms with Crippen LogP contribution in [0.4, 0.5) is 4.39 Å². The van der Waals surface area contributed by atoms with Crippen LogP contribution in [0.3, 0.4) is 0 Å². The Morgan fingerprint density at radius 1 is 1.25 bits per heavy atom. The molecule has 0 bridgehead atoms. The van der Waals surface area contributed by atoms with E-state index in [9.17, 15) is 9.50 Å². The van der Waals surface area contributed by atoms with Crippen LogP contribution in [-0.4, -0.2) is 20.1 Å². The second-order valence-corrected chi connectivity index (χ2v) is 3.58. The van der Waals surface area contributed by atoms with Crippen molar-refractivity contribution in [3.05, 3.63) is 34.5 Å². The van der Waals surface area contributed by atoms with Gasteiger partial charge in [-0.25, -0.2) is 9.97 Å². The monoisotopic (exact) mass is 259 g/mol. The molecule has 2 aromatic heterocycles. The third-order valence-electron chi connectivity index (χ3n) is 1.78. The van der Waals surface area contributed by atoms with Gasteiger partial charge in [0, 0.05) is 17.8 Å². The Kier molecular flexibility index (Phi) is 2.89. The van der Waals surface area contributed by atoms with Crippen molar-refractivity contribution < 1.29 is 9.50 Å². The van der Waals surface area contributed by atoms with Crippen LogP contribution in [0.5, 0.6) is 5.88 Å². The lowest BCUT2D eigenvalue weighted by Gasteiger charge is -2.03. The van der Waals surface area contributed by atoms with Crippen molar-refractivity contribution in [2.45, 2.75) is 0 Å². The SMILES string of the molecule is Oc1nc(-c2ccnc(F)c2)nc(Cl)c1Cl. The molecule has 0 saturated carbocycles. The summed E-state index contributed by atoms with van der Waals surface area (Å²) >= 11 is 11.2. The molecule has 0 spiro atoms. The fourth-order valence-corrected chi connectivity index (χ4v) is 1.33. The van der Waals surface area contributed by atoms with Gasteiger partial charge in [0.1, 0.15) is 5.02 Å². The summed E-state index contributed by atoms with van der Waals surface area (Å²) in [6.45, 7) is 0. The first kappa shape index (κ1) is 11.0. The molecule has 2 heterocycles. The van der Waals surface area contributed by atoms with Gasteiger partial charge < -0.3 is 5.11 Å². The molecule has 0 aliphatic carbocycles. The minimum Gasteiger partial charge on any atom is -0.492 e. The predicted octanol–water partition coefficient (Wildman–Crippen LogP) is 2.69. The smallest absolute Gasteiger partial charge is 0.235 e. The number of hydrogen-bond acceptors (Lipinski definition) is 4. The van der Waals surface area contributed by atoms with Crippen molar-refractivity contribution >= 4 is 23.2 Å². The molecule has 0 saturated heterocycles. The van der Waals surface area contributed by atoms with Crippen molar-refractivity contribution in [2.24, 2.45) is 0 Å². The van der Waals surface area contributed by atoms with Crippen LogP contribution in [0, 0.1) is 5.95 Å². The van der Waals surface area contributed by atoms with Crippen molar-refractivity contribution in [1.82, 2.24) is 15.0 Å². The minimum absolute atomic E-state index is 0.0770. The van der Waals surface area contributed by atoms with Crippen LogP contribution >= 0.6 is 23.2 Å². The Morgan fingerprint density at radius 3 is 2.62 bits per heavy atom. The molecule has 0 fully saturated rings. The summed E-state index contributed by atoms with van der Waals surface area (Å²) in [5.41, 5.74) is 0.348. The third-order valence-corrected chi connectivity index (χ3v) is 2.50. The molecule has 4 nitrogen and oxygen atoms in total. The van der Waals surface area contributed by atoms with Gasteiger partial charge in [0.15, 0.2) is 11.0 Å². The summed E-state index contributed by atoms with van der Waals surface area (Å²) in [5.74, 6) is -1.05. The maximum absolute atomic E-state index is 12.8. The lowest BCUT2D eigenvalue weighted by molar-refractivity contribution is 0.453. The molecule has 0 aromatic carbocycles. The minimum atomic E-state index is -0.674. The molecular weight excluding hydrogens is 256 g/mol. The fourth-order valence-electron chi connectivity index (χ4n) is 1.08. The van der Waals surface area contributed by atoms with E-state index in [4.69, 9.17) is 23.2 Å². The molecule has 0 atom stereocenters. The molecule has 82 valence electrons. The zero-order chi connectivity index (χ0) is 11.7. The van der Waals surface area contributed by atoms with Crippen LogP contribution in [0.15, 0.2) is 18.3 Å². The molecule has 0 aliphatic rings. The number of aromatic nitrogens is 3. The molecule has 2 rings (SSSR count). The zero-order valence-corrected chi connectivity index (χ0v) is 9.17. The van der Waals surface area contributed by atoms with Gasteiger partial charge in [0.25, 0.3) is 0 Å². The fraction of sp³-hybridized carbons (Fsp3) is 0. The second-order valence-electron chi connectivity index (χ2n) is 2.84. The summed E-state index contributed by atoms with van der Waals surface area (Å²) in [7, 11) is 0. The van der Waals surface area contributed by atoms with Gasteiger partial charge in [-0.1, -0.05) is 23.2 Å². The lowest BCUT2D eigenvalue weighted by atomic mass is 10.2. The second kappa shape index (κ2) is 4.19. The van der Waals surface area contributed by atoms with E-state index < -0.39 is 11.8 Å². The van der Waals surface area contributed by atoms with Gasteiger partial charge in [0.2, 0.25) is 11.8 Å². The summed E-state index contributed by atoms with van der Waals surface area (Å²) < 4.78 is 12.8. The molecule has 0 aliphatic heterocycles. The molecule has 1 N–H and O–H groups in total. The van der Waals surface area contributed by atoms with Gasteiger partial charge in [-0.3, -0.25) is 0 Å². The van der Waals surface area contributed by atoms with E-state index in [2.05, 4.69) is 15.0 Å². The van der Waals surface area contributed by atoms with Crippen LogP contribution in [0.2, 0.25) is 10.2 Å². The molecular formula is C9H4Cl2FN3O. The molecule has 0 amide bonds. The Morgan fingerprint density at radius 2 is 2.00 bits per heavy atom. The summed E-state index contributed by atoms with van der Waals surface area (Å²) in [6, 6.07) is 2.61. The quantitative estimate of drug-likeness (QED) is 0.632. The maximum Gasteiger partial charge on any atom is 0.235 e. The standard InChI is InChI=1S/C9H4Cl2FN3O/c10-6-7(11)14-8(15-9(6)16)4-1-2-13-5(12)3-4/h1-3H,(H,14,15,16). The normalized spacial score (nSPS) is 10.4. The summed E-state index contributed by atoms with van der Waals surface area (Å²) in [5, 5.41) is 9.10. The summed E-state index contributed by atoms with van der Waals surface area (Å²) in [6.07, 6.45) is 1.26. The number of pyridine rings is 1. The number of hydrogen-bond donors (Lipinski definition) is 1. The molecule has 16 heavy (non-hydrogen) atoms.